The molecule has 0 radical (unpaired) electrons. The number of benzene rings is 2. The van der Waals surface area contributed by atoms with Crippen LogP contribution in [0.4, 0.5) is 4.39 Å². The van der Waals surface area contributed by atoms with Crippen LogP contribution in [0.2, 0.25) is 0 Å². The predicted octanol–water partition coefficient (Wildman–Crippen LogP) is 4.50. The maximum atomic E-state index is 13.2. The summed E-state index contributed by atoms with van der Waals surface area (Å²) >= 11 is 3.20. The fourth-order valence-corrected chi connectivity index (χ4v) is 2.02. The molecule has 0 saturated heterocycles. The highest BCUT2D eigenvalue weighted by Crippen LogP contribution is 2.28. The zero-order valence-corrected chi connectivity index (χ0v) is 11.2. The van der Waals surface area contributed by atoms with Gasteiger partial charge in [-0.1, -0.05) is 15.9 Å². The van der Waals surface area contributed by atoms with Gasteiger partial charge in [-0.15, -0.1) is 0 Å². The van der Waals surface area contributed by atoms with Crippen molar-refractivity contribution in [3.63, 3.8) is 0 Å². The highest BCUT2D eigenvalue weighted by molar-refractivity contribution is 9.10. The molecule has 2 aromatic rings. The van der Waals surface area contributed by atoms with Crippen LogP contribution in [0.3, 0.4) is 0 Å². The second-order valence-electron chi connectivity index (χ2n) is 3.85. The summed E-state index contributed by atoms with van der Waals surface area (Å²) in [4.78, 5) is 10.6. The van der Waals surface area contributed by atoms with Gasteiger partial charge in [0.2, 0.25) is 0 Å². The third kappa shape index (κ3) is 2.96. The van der Waals surface area contributed by atoms with Gasteiger partial charge in [-0.2, -0.15) is 0 Å². The molecule has 2 aromatic carbocycles. The lowest BCUT2D eigenvalue weighted by Gasteiger charge is -2.09. The maximum Gasteiger partial charge on any atom is 0.150 e. The summed E-state index contributed by atoms with van der Waals surface area (Å²) in [6, 6.07) is 9.40. The molecule has 0 atom stereocenters. The lowest BCUT2D eigenvalue weighted by molar-refractivity contribution is 0.112. The van der Waals surface area contributed by atoms with Gasteiger partial charge in [0.15, 0.2) is 0 Å². The molecule has 2 nitrogen and oxygen atoms in total. The van der Waals surface area contributed by atoms with Crippen LogP contribution in [0.25, 0.3) is 0 Å². The molecule has 0 spiro atoms. The summed E-state index contributed by atoms with van der Waals surface area (Å²) in [7, 11) is 0. The van der Waals surface area contributed by atoms with Crippen LogP contribution in [0, 0.1) is 12.7 Å². The van der Waals surface area contributed by atoms with Crippen molar-refractivity contribution in [2.75, 3.05) is 0 Å². The molecule has 18 heavy (non-hydrogen) atoms. The number of hydrogen-bond acceptors (Lipinski definition) is 2. The van der Waals surface area contributed by atoms with Gasteiger partial charge in [0, 0.05) is 16.1 Å². The minimum Gasteiger partial charge on any atom is -0.457 e. The first-order valence-electron chi connectivity index (χ1n) is 5.28. The summed E-state index contributed by atoms with van der Waals surface area (Å²) in [5.74, 6) is 0.628. The summed E-state index contributed by atoms with van der Waals surface area (Å²) in [5.41, 5.74) is 1.40. The number of aryl methyl sites for hydroxylation is 1. The second kappa shape index (κ2) is 5.31. The minimum absolute atomic E-state index is 0.374. The Hall–Kier alpha value is -1.68. The van der Waals surface area contributed by atoms with Crippen molar-refractivity contribution >= 4 is 22.2 Å². The van der Waals surface area contributed by atoms with E-state index >= 15 is 0 Å². The van der Waals surface area contributed by atoms with E-state index in [1.165, 1.54) is 12.1 Å². The average Bonchev–Trinajstić information content (AvgIpc) is 2.30. The van der Waals surface area contributed by atoms with Crippen LogP contribution < -0.4 is 4.74 Å². The van der Waals surface area contributed by atoms with Crippen molar-refractivity contribution in [3.05, 3.63) is 57.8 Å². The second-order valence-corrected chi connectivity index (χ2v) is 4.77. The Balaban J connectivity index is 2.31. The van der Waals surface area contributed by atoms with Gasteiger partial charge in [0.1, 0.15) is 23.6 Å². The first-order chi connectivity index (χ1) is 8.58. The third-order valence-electron chi connectivity index (χ3n) is 2.40. The largest absolute Gasteiger partial charge is 0.457 e. The molecule has 0 aliphatic rings. The van der Waals surface area contributed by atoms with Gasteiger partial charge in [-0.3, -0.25) is 4.79 Å². The molecule has 0 fully saturated rings. The highest BCUT2D eigenvalue weighted by atomic mass is 79.9. The van der Waals surface area contributed by atoms with Gasteiger partial charge in [-0.25, -0.2) is 4.39 Å². The summed E-state index contributed by atoms with van der Waals surface area (Å²) < 4.78 is 19.4. The van der Waals surface area contributed by atoms with Crippen LogP contribution in [0.15, 0.2) is 40.9 Å². The number of carbonyl (C=O) groups is 1. The van der Waals surface area contributed by atoms with E-state index in [1.807, 2.05) is 6.92 Å². The van der Waals surface area contributed by atoms with Crippen LogP contribution >= 0.6 is 15.9 Å². The average molecular weight is 309 g/mol. The fourth-order valence-electron chi connectivity index (χ4n) is 1.57. The Labute approximate surface area is 113 Å². The number of hydrogen-bond donors (Lipinski definition) is 0. The van der Waals surface area contributed by atoms with E-state index in [0.717, 1.165) is 11.8 Å². The summed E-state index contributed by atoms with van der Waals surface area (Å²) in [6.07, 6.45) is 0.773. The maximum absolute atomic E-state index is 13.2. The summed E-state index contributed by atoms with van der Waals surface area (Å²) in [6.45, 7) is 1.83. The van der Waals surface area contributed by atoms with Crippen molar-refractivity contribution < 1.29 is 13.9 Å². The van der Waals surface area contributed by atoms with Gasteiger partial charge in [0.25, 0.3) is 0 Å². The molecule has 0 unspecified atom stereocenters. The zero-order valence-electron chi connectivity index (χ0n) is 9.61. The lowest BCUT2D eigenvalue weighted by Crippen LogP contribution is -1.90. The van der Waals surface area contributed by atoms with E-state index in [4.69, 9.17) is 4.74 Å². The van der Waals surface area contributed by atoms with Gasteiger partial charge in [-0.05, 0) is 42.8 Å². The fraction of sp³-hybridized carbons (Fsp3) is 0.0714. The molecule has 0 saturated carbocycles. The van der Waals surface area contributed by atoms with Crippen molar-refractivity contribution in [2.24, 2.45) is 0 Å². The van der Waals surface area contributed by atoms with E-state index in [0.29, 0.717) is 21.5 Å². The Morgan fingerprint density at radius 1 is 1.22 bits per heavy atom. The number of ether oxygens (including phenoxy) is 1. The standard InChI is InChI=1S/C14H10BrFO2/c1-9-4-10(8-17)2-3-14(9)18-13-6-11(15)5-12(16)7-13/h2-8H,1H3. The van der Waals surface area contributed by atoms with E-state index < -0.39 is 0 Å². The molecule has 0 bridgehead atoms. The minimum atomic E-state index is -0.374. The highest BCUT2D eigenvalue weighted by Gasteiger charge is 2.05. The van der Waals surface area contributed by atoms with E-state index in [-0.39, 0.29) is 5.82 Å². The van der Waals surface area contributed by atoms with Crippen molar-refractivity contribution in [1.82, 2.24) is 0 Å². The first kappa shape index (κ1) is 12.8. The third-order valence-corrected chi connectivity index (χ3v) is 2.86. The molecule has 0 heterocycles. The van der Waals surface area contributed by atoms with Crippen molar-refractivity contribution in [3.8, 4) is 11.5 Å². The monoisotopic (exact) mass is 308 g/mol. The molecule has 4 heteroatoms. The van der Waals surface area contributed by atoms with E-state index in [9.17, 15) is 9.18 Å². The lowest BCUT2D eigenvalue weighted by atomic mass is 10.1. The first-order valence-corrected chi connectivity index (χ1v) is 6.07. The van der Waals surface area contributed by atoms with E-state index in [2.05, 4.69) is 15.9 Å². The number of aldehydes is 1. The number of halogens is 2. The Bertz CT molecular complexity index is 576. The molecular formula is C14H10BrFO2. The topological polar surface area (TPSA) is 26.3 Å². The SMILES string of the molecule is Cc1cc(C=O)ccc1Oc1cc(F)cc(Br)c1. The predicted molar refractivity (Wildman–Crippen MR) is 70.7 cm³/mol. The Morgan fingerprint density at radius 3 is 2.61 bits per heavy atom. The Morgan fingerprint density at radius 2 is 2.00 bits per heavy atom. The van der Waals surface area contributed by atoms with Crippen LogP contribution in [-0.4, -0.2) is 6.29 Å². The molecule has 2 rings (SSSR count). The van der Waals surface area contributed by atoms with Gasteiger partial charge in [0.05, 0.1) is 0 Å². The van der Waals surface area contributed by atoms with Gasteiger partial charge < -0.3 is 4.74 Å². The smallest absolute Gasteiger partial charge is 0.150 e. The number of rotatable bonds is 3. The van der Waals surface area contributed by atoms with E-state index in [1.54, 1.807) is 24.3 Å². The molecule has 0 aliphatic heterocycles. The van der Waals surface area contributed by atoms with Crippen molar-refractivity contribution in [2.45, 2.75) is 6.92 Å². The normalized spacial score (nSPS) is 10.2. The van der Waals surface area contributed by atoms with Crippen LogP contribution in [0.5, 0.6) is 11.5 Å². The molecule has 0 aromatic heterocycles. The Kier molecular flexibility index (Phi) is 3.77. The van der Waals surface area contributed by atoms with Crippen molar-refractivity contribution in [1.29, 1.82) is 0 Å². The van der Waals surface area contributed by atoms with Crippen LogP contribution in [0.1, 0.15) is 15.9 Å². The quantitative estimate of drug-likeness (QED) is 0.780. The molecule has 92 valence electrons. The van der Waals surface area contributed by atoms with Crippen LogP contribution in [-0.2, 0) is 0 Å². The van der Waals surface area contributed by atoms with Gasteiger partial charge >= 0.3 is 0 Å². The zero-order chi connectivity index (χ0) is 13.1. The molecular weight excluding hydrogens is 299 g/mol. The molecule has 0 aliphatic carbocycles. The molecule has 0 amide bonds. The summed E-state index contributed by atoms with van der Waals surface area (Å²) in [5, 5.41) is 0. The molecule has 0 N–H and O–H groups in total. The number of carbonyl (C=O) groups excluding carboxylic acids is 1.